The van der Waals surface area contributed by atoms with Crippen LogP contribution < -0.4 is 15.8 Å². The van der Waals surface area contributed by atoms with Gasteiger partial charge in [-0.2, -0.15) is 0 Å². The Balaban J connectivity index is 1.30. The van der Waals surface area contributed by atoms with Crippen LogP contribution in [-0.2, 0) is 16.2 Å². The minimum atomic E-state index is -0.505. The number of halogens is 1. The first-order valence-corrected chi connectivity index (χ1v) is 13.5. The van der Waals surface area contributed by atoms with Crippen molar-refractivity contribution in [2.45, 2.75) is 45.8 Å². The lowest BCUT2D eigenvalue weighted by molar-refractivity contribution is 0.0122. The number of nitrogen functional groups attached to an aromatic ring is 1. The van der Waals surface area contributed by atoms with Crippen LogP contribution in [0.15, 0.2) is 60.0 Å². The molecule has 4 rings (SSSR count). The van der Waals surface area contributed by atoms with Gasteiger partial charge in [-0.15, -0.1) is 0 Å². The minimum absolute atomic E-state index is 0.254. The molecule has 0 bridgehead atoms. The van der Waals surface area contributed by atoms with Gasteiger partial charge >= 0.3 is 6.09 Å². The minimum Gasteiger partial charge on any atom is -0.487 e. The molecule has 3 aromatic rings. The van der Waals surface area contributed by atoms with E-state index in [-0.39, 0.29) is 17.8 Å². The van der Waals surface area contributed by atoms with Gasteiger partial charge in [0.25, 0.3) is 0 Å². The molecule has 1 amide bonds. The van der Waals surface area contributed by atoms with Gasteiger partial charge in [0.05, 0.1) is 16.8 Å². The Labute approximate surface area is 239 Å². The average Bonchev–Trinajstić information content (AvgIpc) is 2.92. The number of anilines is 3. The van der Waals surface area contributed by atoms with E-state index < -0.39 is 5.60 Å². The number of rotatable bonds is 9. The number of nitrogens with two attached hydrogens (primary N) is 1. The molecule has 11 heteroatoms. The summed E-state index contributed by atoms with van der Waals surface area (Å²) in [5.41, 5.74) is 7.83. The van der Waals surface area contributed by atoms with Gasteiger partial charge in [0.2, 0.25) is 0 Å². The molecule has 1 saturated heterocycles. The van der Waals surface area contributed by atoms with E-state index in [9.17, 15) is 4.79 Å². The summed E-state index contributed by atoms with van der Waals surface area (Å²) in [6, 6.07) is 15.3. The summed E-state index contributed by atoms with van der Waals surface area (Å²) in [5.74, 6) is 1.57. The number of aromatic nitrogens is 2. The number of likely N-dealkylation sites (tertiary alicyclic amines) is 1. The second-order valence-electron chi connectivity index (χ2n) is 10.5. The second kappa shape index (κ2) is 13.3. The van der Waals surface area contributed by atoms with Gasteiger partial charge in [0, 0.05) is 18.8 Å². The predicted octanol–water partition coefficient (Wildman–Crippen LogP) is 6.03. The van der Waals surface area contributed by atoms with Crippen molar-refractivity contribution >= 4 is 41.2 Å². The SMILES string of the molecule is CC(C)(C)OC(=O)N1CCC(CO/N=C\c2c(N)ncnc2Nc2ccc(OCc3ccccc3)c(Cl)c2)CC1. The van der Waals surface area contributed by atoms with Crippen LogP contribution in [0.2, 0.25) is 5.02 Å². The fraction of sp³-hybridized carbons (Fsp3) is 0.379. The van der Waals surface area contributed by atoms with Crippen molar-refractivity contribution in [2.24, 2.45) is 11.1 Å². The van der Waals surface area contributed by atoms with Crippen molar-refractivity contribution in [2.75, 3.05) is 30.7 Å². The number of benzene rings is 2. The number of nitrogens with zero attached hydrogens (tertiary/aromatic N) is 4. The quantitative estimate of drug-likeness (QED) is 0.237. The predicted molar refractivity (Wildman–Crippen MR) is 156 cm³/mol. The van der Waals surface area contributed by atoms with Crippen molar-refractivity contribution in [3.8, 4) is 5.75 Å². The van der Waals surface area contributed by atoms with Gasteiger partial charge in [-0.3, -0.25) is 0 Å². The Morgan fingerprint density at radius 2 is 1.93 bits per heavy atom. The van der Waals surface area contributed by atoms with E-state index in [1.807, 2.05) is 57.2 Å². The largest absolute Gasteiger partial charge is 0.487 e. The zero-order valence-corrected chi connectivity index (χ0v) is 23.7. The summed E-state index contributed by atoms with van der Waals surface area (Å²) < 4.78 is 11.3. The highest BCUT2D eigenvalue weighted by Crippen LogP contribution is 2.30. The van der Waals surface area contributed by atoms with Crippen LogP contribution in [0, 0.1) is 5.92 Å². The van der Waals surface area contributed by atoms with Crippen LogP contribution >= 0.6 is 11.6 Å². The molecule has 0 spiro atoms. The standard InChI is InChI=1S/C29H35ClN6O4/c1-29(2,3)40-28(37)36-13-11-21(12-14-36)18-39-34-16-23-26(31)32-19-33-27(23)35-22-9-10-25(24(30)15-22)38-17-20-7-5-4-6-8-20/h4-10,15-16,19,21H,11-14,17-18H2,1-3H3,(H3,31,32,33,35)/b34-16-. The molecule has 1 fully saturated rings. The van der Waals surface area contributed by atoms with Crippen LogP contribution in [0.3, 0.4) is 0 Å². The summed E-state index contributed by atoms with van der Waals surface area (Å²) in [6.07, 6.45) is 4.20. The first-order valence-electron chi connectivity index (χ1n) is 13.1. The molecule has 10 nitrogen and oxygen atoms in total. The summed E-state index contributed by atoms with van der Waals surface area (Å²) in [6.45, 7) is 7.68. The van der Waals surface area contributed by atoms with Crippen molar-refractivity contribution < 1.29 is 19.1 Å². The number of hydrogen-bond acceptors (Lipinski definition) is 9. The molecule has 0 radical (unpaired) electrons. The number of piperidine rings is 1. The number of oxime groups is 1. The van der Waals surface area contributed by atoms with Gasteiger partial charge in [0.1, 0.15) is 42.5 Å². The summed E-state index contributed by atoms with van der Waals surface area (Å²) in [4.78, 5) is 27.9. The lowest BCUT2D eigenvalue weighted by atomic mass is 9.98. The molecule has 0 saturated carbocycles. The molecule has 40 heavy (non-hydrogen) atoms. The van der Waals surface area contributed by atoms with Crippen molar-refractivity contribution in [1.82, 2.24) is 14.9 Å². The molecular weight excluding hydrogens is 532 g/mol. The number of carbonyl (C=O) groups excluding carboxylic acids is 1. The molecule has 1 aliphatic heterocycles. The Hall–Kier alpha value is -4.05. The number of hydrogen-bond donors (Lipinski definition) is 2. The molecule has 212 valence electrons. The first kappa shape index (κ1) is 28.9. The highest BCUT2D eigenvalue weighted by molar-refractivity contribution is 6.32. The van der Waals surface area contributed by atoms with Gasteiger partial charge < -0.3 is 30.3 Å². The zero-order chi connectivity index (χ0) is 28.5. The average molecular weight is 567 g/mol. The number of nitrogens with one attached hydrogen (secondary N) is 1. The van der Waals surface area contributed by atoms with Crippen molar-refractivity contribution in [3.63, 3.8) is 0 Å². The lowest BCUT2D eigenvalue weighted by Gasteiger charge is -2.32. The van der Waals surface area contributed by atoms with Gasteiger partial charge in [0.15, 0.2) is 0 Å². The molecular formula is C29H35ClN6O4. The number of carbonyl (C=O) groups is 1. The molecule has 0 atom stereocenters. The van der Waals surface area contributed by atoms with Gasteiger partial charge in [-0.25, -0.2) is 14.8 Å². The zero-order valence-electron chi connectivity index (χ0n) is 23.0. The van der Waals surface area contributed by atoms with E-state index in [0.29, 0.717) is 54.1 Å². The third kappa shape index (κ3) is 8.47. The molecule has 1 aliphatic rings. The van der Waals surface area contributed by atoms with Gasteiger partial charge in [-0.05, 0) is 63.3 Å². The third-order valence-corrected chi connectivity index (χ3v) is 6.47. The van der Waals surface area contributed by atoms with Crippen LogP contribution in [0.1, 0.15) is 44.7 Å². The molecule has 3 N–H and O–H groups in total. The Bertz CT molecular complexity index is 1310. The molecule has 1 aromatic heterocycles. The van der Waals surface area contributed by atoms with Crippen LogP contribution in [0.4, 0.5) is 22.1 Å². The number of ether oxygens (including phenoxy) is 2. The number of amides is 1. The second-order valence-corrected chi connectivity index (χ2v) is 10.9. The lowest BCUT2D eigenvalue weighted by Crippen LogP contribution is -2.42. The first-order chi connectivity index (χ1) is 19.2. The maximum absolute atomic E-state index is 12.3. The van der Waals surface area contributed by atoms with Crippen LogP contribution in [0.25, 0.3) is 0 Å². The summed E-state index contributed by atoms with van der Waals surface area (Å²) >= 11 is 6.47. The molecule has 2 aromatic carbocycles. The smallest absolute Gasteiger partial charge is 0.410 e. The fourth-order valence-corrected chi connectivity index (χ4v) is 4.29. The Kier molecular flexibility index (Phi) is 9.65. The van der Waals surface area contributed by atoms with E-state index in [0.717, 1.165) is 18.4 Å². The van der Waals surface area contributed by atoms with E-state index in [2.05, 4.69) is 20.4 Å². The van der Waals surface area contributed by atoms with E-state index in [1.165, 1.54) is 12.5 Å². The molecule has 0 unspecified atom stereocenters. The fourth-order valence-electron chi connectivity index (χ4n) is 4.05. The summed E-state index contributed by atoms with van der Waals surface area (Å²) in [5, 5.41) is 7.78. The maximum Gasteiger partial charge on any atom is 0.410 e. The molecule has 0 aliphatic carbocycles. The van der Waals surface area contributed by atoms with Crippen LogP contribution in [-0.4, -0.2) is 52.5 Å². The van der Waals surface area contributed by atoms with E-state index in [4.69, 9.17) is 31.6 Å². The van der Waals surface area contributed by atoms with E-state index >= 15 is 0 Å². The maximum atomic E-state index is 12.3. The topological polar surface area (TPSA) is 124 Å². The van der Waals surface area contributed by atoms with E-state index in [1.54, 1.807) is 17.0 Å². The summed E-state index contributed by atoms with van der Waals surface area (Å²) in [7, 11) is 0. The van der Waals surface area contributed by atoms with Crippen LogP contribution in [0.5, 0.6) is 5.75 Å². The highest BCUT2D eigenvalue weighted by Gasteiger charge is 2.27. The molecule has 2 heterocycles. The third-order valence-electron chi connectivity index (χ3n) is 6.18. The highest BCUT2D eigenvalue weighted by atomic mass is 35.5. The monoisotopic (exact) mass is 566 g/mol. The van der Waals surface area contributed by atoms with Gasteiger partial charge in [-0.1, -0.05) is 47.1 Å². The van der Waals surface area contributed by atoms with Crippen molar-refractivity contribution in [3.05, 3.63) is 71.0 Å². The normalized spacial score (nSPS) is 14.2. The van der Waals surface area contributed by atoms with Crippen molar-refractivity contribution in [1.29, 1.82) is 0 Å². The Morgan fingerprint density at radius 3 is 2.62 bits per heavy atom. The Morgan fingerprint density at radius 1 is 1.18 bits per heavy atom.